The highest BCUT2D eigenvalue weighted by Gasteiger charge is 2.05. The zero-order chi connectivity index (χ0) is 14.8. The molecular weight excluding hydrogens is 248 g/mol. The molecule has 20 heavy (non-hydrogen) atoms. The summed E-state index contributed by atoms with van der Waals surface area (Å²) in [5, 5.41) is 3.40. The lowest BCUT2D eigenvalue weighted by Gasteiger charge is -2.21. The van der Waals surface area contributed by atoms with E-state index in [1.807, 2.05) is 20.2 Å². The molecule has 0 radical (unpaired) electrons. The monoisotopic (exact) mass is 276 g/mol. The van der Waals surface area contributed by atoms with Gasteiger partial charge in [0.25, 0.3) is 0 Å². The van der Waals surface area contributed by atoms with Crippen molar-refractivity contribution in [2.45, 2.75) is 32.2 Å². The standard InChI is InChI=1S/C16H28N4/c1-5-6-7-8-9-11-20(4)16(17-2)18-13-15-10-12-19(3)14-15/h5,10,12,14H,1,6-9,11,13H2,2-4H3,(H,17,18). The molecule has 0 amide bonds. The molecule has 112 valence electrons. The predicted molar refractivity (Wildman–Crippen MR) is 86.9 cm³/mol. The minimum absolute atomic E-state index is 0.814. The maximum Gasteiger partial charge on any atom is 0.193 e. The second kappa shape index (κ2) is 9.23. The van der Waals surface area contributed by atoms with Crippen molar-refractivity contribution >= 4 is 5.96 Å². The van der Waals surface area contributed by atoms with Crippen molar-refractivity contribution in [3.63, 3.8) is 0 Å². The molecule has 0 aliphatic heterocycles. The molecule has 1 aromatic rings. The Kier molecular flexibility index (Phi) is 7.55. The van der Waals surface area contributed by atoms with Crippen LogP contribution in [0.3, 0.4) is 0 Å². The highest BCUT2D eigenvalue weighted by atomic mass is 15.3. The van der Waals surface area contributed by atoms with Crippen LogP contribution >= 0.6 is 0 Å². The summed E-state index contributed by atoms with van der Waals surface area (Å²) in [7, 11) is 5.96. The third-order valence-corrected chi connectivity index (χ3v) is 3.32. The minimum Gasteiger partial charge on any atom is -0.357 e. The number of unbranched alkanes of at least 4 members (excludes halogenated alkanes) is 3. The highest BCUT2D eigenvalue weighted by Crippen LogP contribution is 2.02. The summed E-state index contributed by atoms with van der Waals surface area (Å²) in [6.07, 6.45) is 10.9. The van der Waals surface area contributed by atoms with Crippen LogP contribution in [0, 0.1) is 0 Å². The van der Waals surface area contributed by atoms with E-state index >= 15 is 0 Å². The average Bonchev–Trinajstić information content (AvgIpc) is 2.85. The fraction of sp³-hybridized carbons (Fsp3) is 0.562. The normalized spacial score (nSPS) is 11.4. The Morgan fingerprint density at radius 2 is 2.25 bits per heavy atom. The van der Waals surface area contributed by atoms with Crippen LogP contribution in [0.25, 0.3) is 0 Å². The van der Waals surface area contributed by atoms with E-state index in [9.17, 15) is 0 Å². The van der Waals surface area contributed by atoms with Crippen molar-refractivity contribution in [2.24, 2.45) is 12.0 Å². The van der Waals surface area contributed by atoms with Crippen molar-refractivity contribution in [2.75, 3.05) is 20.6 Å². The van der Waals surface area contributed by atoms with E-state index in [4.69, 9.17) is 0 Å². The molecule has 0 saturated carbocycles. The minimum atomic E-state index is 0.814. The molecular formula is C16H28N4. The summed E-state index contributed by atoms with van der Waals surface area (Å²) in [6, 6.07) is 2.12. The Bertz CT molecular complexity index is 420. The second-order valence-corrected chi connectivity index (χ2v) is 5.15. The number of guanidine groups is 1. The number of nitrogens with zero attached hydrogens (tertiary/aromatic N) is 3. The third kappa shape index (κ3) is 5.95. The van der Waals surface area contributed by atoms with Gasteiger partial charge in [0.2, 0.25) is 0 Å². The zero-order valence-corrected chi connectivity index (χ0v) is 13.1. The van der Waals surface area contributed by atoms with Gasteiger partial charge >= 0.3 is 0 Å². The maximum absolute atomic E-state index is 4.33. The van der Waals surface area contributed by atoms with E-state index in [0.717, 1.165) is 25.5 Å². The fourth-order valence-electron chi connectivity index (χ4n) is 2.15. The van der Waals surface area contributed by atoms with E-state index in [-0.39, 0.29) is 0 Å². The number of allylic oxidation sites excluding steroid dienone is 1. The van der Waals surface area contributed by atoms with Crippen LogP contribution < -0.4 is 5.32 Å². The van der Waals surface area contributed by atoms with E-state index < -0.39 is 0 Å². The molecule has 0 saturated heterocycles. The van der Waals surface area contributed by atoms with Crippen LogP contribution in [0.15, 0.2) is 36.1 Å². The van der Waals surface area contributed by atoms with E-state index in [1.54, 1.807) is 0 Å². The van der Waals surface area contributed by atoms with Gasteiger partial charge in [-0.25, -0.2) is 0 Å². The highest BCUT2D eigenvalue weighted by molar-refractivity contribution is 5.79. The molecule has 1 aromatic heterocycles. The molecule has 0 spiro atoms. The summed E-state index contributed by atoms with van der Waals surface area (Å²) >= 11 is 0. The number of nitrogens with one attached hydrogen (secondary N) is 1. The quantitative estimate of drug-likeness (QED) is 0.343. The summed E-state index contributed by atoms with van der Waals surface area (Å²) < 4.78 is 2.06. The number of rotatable bonds is 8. The molecule has 0 bridgehead atoms. The first kappa shape index (κ1) is 16.3. The van der Waals surface area contributed by atoms with Crippen molar-refractivity contribution in [3.8, 4) is 0 Å². The summed E-state index contributed by atoms with van der Waals surface area (Å²) in [6.45, 7) is 5.60. The predicted octanol–water partition coefficient (Wildman–Crippen LogP) is 2.78. The molecule has 0 aromatic carbocycles. The lowest BCUT2D eigenvalue weighted by molar-refractivity contribution is 0.455. The third-order valence-electron chi connectivity index (χ3n) is 3.32. The average molecular weight is 276 g/mol. The molecule has 1 N–H and O–H groups in total. The van der Waals surface area contributed by atoms with Gasteiger partial charge in [0.1, 0.15) is 0 Å². The lowest BCUT2D eigenvalue weighted by atomic mass is 10.2. The molecule has 0 unspecified atom stereocenters. The van der Waals surface area contributed by atoms with Gasteiger partial charge in [-0.3, -0.25) is 4.99 Å². The number of hydrogen-bond donors (Lipinski definition) is 1. The number of hydrogen-bond acceptors (Lipinski definition) is 1. The van der Waals surface area contributed by atoms with Crippen molar-refractivity contribution in [1.29, 1.82) is 0 Å². The van der Waals surface area contributed by atoms with Crippen LogP contribution in [-0.2, 0) is 13.6 Å². The number of aryl methyl sites for hydroxylation is 1. The SMILES string of the molecule is C=CCCCCCN(C)C(=NC)NCc1ccn(C)c1. The van der Waals surface area contributed by atoms with Gasteiger partial charge in [-0.1, -0.05) is 12.5 Å². The first-order chi connectivity index (χ1) is 9.67. The molecule has 1 heterocycles. The van der Waals surface area contributed by atoms with Gasteiger partial charge < -0.3 is 14.8 Å². The van der Waals surface area contributed by atoms with Gasteiger partial charge in [-0.15, -0.1) is 6.58 Å². The topological polar surface area (TPSA) is 32.6 Å². The molecule has 0 aliphatic carbocycles. The number of aliphatic imine (C=N–C) groups is 1. The van der Waals surface area contributed by atoms with E-state index in [2.05, 4.69) is 51.9 Å². The largest absolute Gasteiger partial charge is 0.357 e. The Balaban J connectivity index is 2.28. The molecule has 0 atom stereocenters. The molecule has 4 nitrogen and oxygen atoms in total. The Labute approximate surface area is 123 Å². The Morgan fingerprint density at radius 1 is 1.45 bits per heavy atom. The second-order valence-electron chi connectivity index (χ2n) is 5.15. The maximum atomic E-state index is 4.33. The van der Waals surface area contributed by atoms with Gasteiger partial charge in [0.05, 0.1) is 0 Å². The van der Waals surface area contributed by atoms with Crippen LogP contribution in [0.4, 0.5) is 0 Å². The smallest absolute Gasteiger partial charge is 0.193 e. The first-order valence-corrected chi connectivity index (χ1v) is 7.31. The van der Waals surface area contributed by atoms with Crippen LogP contribution in [-0.4, -0.2) is 36.1 Å². The van der Waals surface area contributed by atoms with Gasteiger partial charge in [-0.2, -0.15) is 0 Å². The summed E-state index contributed by atoms with van der Waals surface area (Å²) in [5.74, 6) is 0.956. The van der Waals surface area contributed by atoms with Crippen molar-refractivity contribution in [1.82, 2.24) is 14.8 Å². The zero-order valence-electron chi connectivity index (χ0n) is 13.1. The van der Waals surface area contributed by atoms with Gasteiger partial charge in [0, 0.05) is 46.6 Å². The Hall–Kier alpha value is -1.71. The van der Waals surface area contributed by atoms with Crippen molar-refractivity contribution < 1.29 is 0 Å². The van der Waals surface area contributed by atoms with E-state index in [0.29, 0.717) is 0 Å². The fourth-order valence-corrected chi connectivity index (χ4v) is 2.15. The summed E-state index contributed by atoms with van der Waals surface area (Å²) in [4.78, 5) is 6.52. The van der Waals surface area contributed by atoms with Crippen LogP contribution in [0.5, 0.6) is 0 Å². The van der Waals surface area contributed by atoms with Crippen molar-refractivity contribution in [3.05, 3.63) is 36.7 Å². The van der Waals surface area contributed by atoms with Crippen LogP contribution in [0.1, 0.15) is 31.2 Å². The van der Waals surface area contributed by atoms with Gasteiger partial charge in [-0.05, 0) is 30.9 Å². The van der Waals surface area contributed by atoms with Crippen LogP contribution in [0.2, 0.25) is 0 Å². The van der Waals surface area contributed by atoms with E-state index in [1.165, 1.54) is 24.8 Å². The van der Waals surface area contributed by atoms with Gasteiger partial charge in [0.15, 0.2) is 5.96 Å². The molecule has 4 heteroatoms. The number of aromatic nitrogens is 1. The molecule has 1 rings (SSSR count). The Morgan fingerprint density at radius 3 is 2.85 bits per heavy atom. The molecule has 0 fully saturated rings. The summed E-state index contributed by atoms with van der Waals surface area (Å²) in [5.41, 5.74) is 1.27. The lowest BCUT2D eigenvalue weighted by Crippen LogP contribution is -2.38. The first-order valence-electron chi connectivity index (χ1n) is 7.31. The molecule has 0 aliphatic rings.